The molecule has 33 heavy (non-hydrogen) atoms. The van der Waals surface area contributed by atoms with Crippen LogP contribution in [0.2, 0.25) is 0 Å². The Labute approximate surface area is 193 Å². The third kappa shape index (κ3) is 3.35. The topological polar surface area (TPSA) is 75.8 Å². The van der Waals surface area contributed by atoms with Gasteiger partial charge in [0.1, 0.15) is 5.82 Å². The fourth-order valence-corrected chi connectivity index (χ4v) is 6.46. The summed E-state index contributed by atoms with van der Waals surface area (Å²) >= 11 is 0. The summed E-state index contributed by atoms with van der Waals surface area (Å²) in [5, 5.41) is 11.3. The van der Waals surface area contributed by atoms with Crippen molar-refractivity contribution in [1.29, 1.82) is 0 Å². The van der Waals surface area contributed by atoms with Gasteiger partial charge in [-0.1, -0.05) is 18.2 Å². The third-order valence-electron chi connectivity index (χ3n) is 8.03. The molecular formula is C25H31N5O3. The van der Waals surface area contributed by atoms with Crippen LogP contribution in [0.4, 0.5) is 0 Å². The molecule has 1 N–H and O–H groups in total. The monoisotopic (exact) mass is 449 g/mol. The van der Waals surface area contributed by atoms with Crippen molar-refractivity contribution in [2.75, 3.05) is 32.8 Å². The van der Waals surface area contributed by atoms with E-state index in [1.54, 1.807) is 4.57 Å². The van der Waals surface area contributed by atoms with E-state index >= 15 is 0 Å². The Morgan fingerprint density at radius 3 is 2.70 bits per heavy atom. The molecule has 3 aliphatic rings. The molecule has 3 aromatic rings. The van der Waals surface area contributed by atoms with E-state index in [0.717, 1.165) is 55.0 Å². The van der Waals surface area contributed by atoms with Crippen molar-refractivity contribution in [3.8, 4) is 0 Å². The van der Waals surface area contributed by atoms with Crippen LogP contribution < -0.4 is 5.56 Å². The van der Waals surface area contributed by atoms with Gasteiger partial charge < -0.3 is 19.0 Å². The van der Waals surface area contributed by atoms with Crippen molar-refractivity contribution in [2.24, 2.45) is 25.9 Å². The van der Waals surface area contributed by atoms with Gasteiger partial charge in [-0.3, -0.25) is 14.6 Å². The molecule has 0 aliphatic carbocycles. The average Bonchev–Trinajstić information content (AvgIpc) is 3.40. The molecule has 0 saturated carbocycles. The van der Waals surface area contributed by atoms with Crippen LogP contribution in [-0.2, 0) is 31.9 Å². The molecule has 1 aromatic carbocycles. The molecule has 4 atom stereocenters. The SMILES string of the molecule is Cn1ccnc1CN1C[C@H]2O[C@@]3(CN(Cc4cc5ccccc5n(C)c4=O)C[C@@H]3[C@@H]2CO)C1. The molecule has 3 saturated heterocycles. The second-order valence-corrected chi connectivity index (χ2v) is 10.1. The Kier molecular flexibility index (Phi) is 4.95. The molecule has 3 aliphatic heterocycles. The van der Waals surface area contributed by atoms with Gasteiger partial charge in [0.2, 0.25) is 0 Å². The minimum atomic E-state index is -0.302. The number of imidazole rings is 1. The Bertz CT molecular complexity index is 1250. The average molecular weight is 450 g/mol. The fraction of sp³-hybridized carbons (Fsp3) is 0.520. The predicted octanol–water partition coefficient (Wildman–Crippen LogP) is 0.966. The van der Waals surface area contributed by atoms with Crippen LogP contribution in [0.1, 0.15) is 11.4 Å². The van der Waals surface area contributed by atoms with E-state index in [2.05, 4.69) is 25.4 Å². The van der Waals surface area contributed by atoms with Crippen LogP contribution in [0.5, 0.6) is 0 Å². The van der Waals surface area contributed by atoms with E-state index in [9.17, 15) is 9.90 Å². The summed E-state index contributed by atoms with van der Waals surface area (Å²) in [5.74, 6) is 1.43. The molecule has 3 fully saturated rings. The van der Waals surface area contributed by atoms with Crippen molar-refractivity contribution in [1.82, 2.24) is 23.9 Å². The summed E-state index contributed by atoms with van der Waals surface area (Å²) < 4.78 is 10.4. The van der Waals surface area contributed by atoms with Gasteiger partial charge in [-0.15, -0.1) is 0 Å². The molecule has 174 valence electrons. The summed E-state index contributed by atoms with van der Waals surface area (Å²) in [6, 6.07) is 10.0. The van der Waals surface area contributed by atoms with Gasteiger partial charge >= 0.3 is 0 Å². The van der Waals surface area contributed by atoms with Crippen molar-refractivity contribution >= 4 is 10.9 Å². The maximum absolute atomic E-state index is 13.1. The largest absolute Gasteiger partial charge is 0.396 e. The zero-order valence-corrected chi connectivity index (χ0v) is 19.2. The second-order valence-electron chi connectivity index (χ2n) is 10.1. The van der Waals surface area contributed by atoms with Crippen LogP contribution >= 0.6 is 0 Å². The number of fused-ring (bicyclic) bond motifs is 2. The summed E-state index contributed by atoms with van der Waals surface area (Å²) in [4.78, 5) is 22.3. The molecule has 0 amide bonds. The van der Waals surface area contributed by atoms with Crippen LogP contribution in [-0.4, -0.2) is 73.5 Å². The van der Waals surface area contributed by atoms with Crippen molar-refractivity contribution < 1.29 is 9.84 Å². The predicted molar refractivity (Wildman–Crippen MR) is 125 cm³/mol. The molecule has 1 spiro atoms. The van der Waals surface area contributed by atoms with Crippen LogP contribution in [0, 0.1) is 11.8 Å². The summed E-state index contributed by atoms with van der Waals surface area (Å²) in [6.45, 7) is 4.78. The van der Waals surface area contributed by atoms with Gasteiger partial charge in [0.25, 0.3) is 5.56 Å². The first-order valence-electron chi connectivity index (χ1n) is 11.7. The summed E-state index contributed by atoms with van der Waals surface area (Å²) in [6.07, 6.45) is 3.86. The number of benzene rings is 1. The number of nitrogens with zero attached hydrogens (tertiary/aromatic N) is 5. The Morgan fingerprint density at radius 2 is 1.94 bits per heavy atom. The van der Waals surface area contributed by atoms with Crippen molar-refractivity contribution in [3.05, 3.63) is 64.5 Å². The van der Waals surface area contributed by atoms with E-state index < -0.39 is 0 Å². The van der Waals surface area contributed by atoms with E-state index in [0.29, 0.717) is 6.54 Å². The van der Waals surface area contributed by atoms with Gasteiger partial charge in [-0.05, 0) is 17.5 Å². The van der Waals surface area contributed by atoms with Crippen LogP contribution in [0.3, 0.4) is 0 Å². The Morgan fingerprint density at radius 1 is 1.15 bits per heavy atom. The molecular weight excluding hydrogens is 418 g/mol. The number of rotatable bonds is 5. The van der Waals surface area contributed by atoms with E-state index in [1.807, 2.05) is 50.8 Å². The molecule has 0 unspecified atom stereocenters. The number of likely N-dealkylation sites (tertiary alicyclic amines) is 2. The molecule has 2 bridgehead atoms. The Hall–Kier alpha value is -2.52. The molecule has 5 heterocycles. The second kappa shape index (κ2) is 7.77. The minimum Gasteiger partial charge on any atom is -0.396 e. The number of ether oxygens (including phenoxy) is 1. The van der Waals surface area contributed by atoms with E-state index in [1.165, 1.54) is 0 Å². The molecule has 6 rings (SSSR count). The first kappa shape index (κ1) is 21.0. The zero-order chi connectivity index (χ0) is 22.7. The van der Waals surface area contributed by atoms with Crippen LogP contribution in [0.25, 0.3) is 10.9 Å². The molecule has 2 aromatic heterocycles. The molecule has 0 radical (unpaired) electrons. The highest BCUT2D eigenvalue weighted by molar-refractivity contribution is 5.79. The highest BCUT2D eigenvalue weighted by Crippen LogP contribution is 2.49. The minimum absolute atomic E-state index is 0.0460. The lowest BCUT2D eigenvalue weighted by molar-refractivity contribution is -0.120. The van der Waals surface area contributed by atoms with E-state index in [4.69, 9.17) is 4.74 Å². The summed E-state index contributed by atoms with van der Waals surface area (Å²) in [7, 11) is 3.87. The number of morpholine rings is 1. The first-order valence-corrected chi connectivity index (χ1v) is 11.7. The van der Waals surface area contributed by atoms with Crippen LogP contribution in [0.15, 0.2) is 47.5 Å². The first-order chi connectivity index (χ1) is 16.0. The standard InChI is InChI=1S/C25H31N5O3/c1-27-8-7-26-23(27)13-30-12-22-19(14-31)20-11-29(15-25(20,16-30)33-22)10-18-9-17-5-3-4-6-21(17)28(2)24(18)32/h3-9,19-20,22,31H,10-16H2,1-2H3/t19-,20+,22+,25-/m0/s1. The number of hydrogen-bond acceptors (Lipinski definition) is 6. The van der Waals surface area contributed by atoms with Crippen molar-refractivity contribution in [2.45, 2.75) is 24.8 Å². The maximum Gasteiger partial charge on any atom is 0.255 e. The number of hydrogen-bond donors (Lipinski definition) is 1. The highest BCUT2D eigenvalue weighted by atomic mass is 16.5. The van der Waals surface area contributed by atoms with Gasteiger partial charge in [-0.2, -0.15) is 0 Å². The number of para-hydroxylation sites is 1. The molecule has 8 nitrogen and oxygen atoms in total. The summed E-state index contributed by atoms with van der Waals surface area (Å²) in [5.41, 5.74) is 1.52. The smallest absolute Gasteiger partial charge is 0.255 e. The van der Waals surface area contributed by atoms with Crippen molar-refractivity contribution in [3.63, 3.8) is 0 Å². The van der Waals surface area contributed by atoms with Gasteiger partial charge in [0, 0.05) is 83.2 Å². The van der Waals surface area contributed by atoms with E-state index in [-0.39, 0.29) is 35.7 Å². The lowest BCUT2D eigenvalue weighted by atomic mass is 9.83. The van der Waals surface area contributed by atoms with Gasteiger partial charge in [0.05, 0.1) is 23.8 Å². The number of pyridine rings is 1. The molecule has 8 heteroatoms. The number of aromatic nitrogens is 3. The maximum atomic E-state index is 13.1. The lowest BCUT2D eigenvalue weighted by Gasteiger charge is -2.40. The van der Waals surface area contributed by atoms with Gasteiger partial charge in [0.15, 0.2) is 0 Å². The Balaban J connectivity index is 1.26. The number of aliphatic hydroxyl groups excluding tert-OH is 1. The number of aryl methyl sites for hydroxylation is 2. The highest BCUT2D eigenvalue weighted by Gasteiger charge is 2.62. The lowest BCUT2D eigenvalue weighted by Crippen LogP contribution is -2.53. The third-order valence-corrected chi connectivity index (χ3v) is 8.03. The number of aliphatic hydroxyl groups is 1. The normalized spacial score (nSPS) is 29.7. The fourth-order valence-electron chi connectivity index (χ4n) is 6.46. The zero-order valence-electron chi connectivity index (χ0n) is 19.2. The van der Waals surface area contributed by atoms with Gasteiger partial charge in [-0.25, -0.2) is 4.98 Å². The quantitative estimate of drug-likeness (QED) is 0.626.